The molecule has 2 nitrogen and oxygen atoms in total. The first-order valence-electron chi connectivity index (χ1n) is 3.28. The summed E-state index contributed by atoms with van der Waals surface area (Å²) in [6, 6.07) is 0. The first kappa shape index (κ1) is 11.7. The zero-order chi connectivity index (χ0) is 8.57. The molecule has 0 heterocycles. The smallest absolute Gasteiger partial charge is 0.125 e. The Morgan fingerprint density at radius 2 is 1.90 bits per heavy atom. The first-order chi connectivity index (χ1) is 4.72. The van der Waals surface area contributed by atoms with Crippen LogP contribution in [0.3, 0.4) is 0 Å². The van der Waals surface area contributed by atoms with E-state index in [1.165, 1.54) is 0 Å². The summed E-state index contributed by atoms with van der Waals surface area (Å²) in [5.41, 5.74) is 6.17. The van der Waals surface area contributed by atoms with Gasteiger partial charge in [-0.3, -0.25) is 0 Å². The topological polar surface area (TPSA) is 38.4 Å². The van der Waals surface area contributed by atoms with Gasteiger partial charge >= 0.3 is 0 Å². The summed E-state index contributed by atoms with van der Waals surface area (Å²) < 4.78 is 0. The van der Waals surface area contributed by atoms with Crippen molar-refractivity contribution in [1.29, 1.82) is 0 Å². The van der Waals surface area contributed by atoms with E-state index in [2.05, 4.69) is 18.3 Å². The van der Waals surface area contributed by atoms with Gasteiger partial charge in [0.05, 0.1) is 0 Å². The van der Waals surface area contributed by atoms with Crippen molar-refractivity contribution in [2.75, 3.05) is 0 Å². The van der Waals surface area contributed by atoms with Crippen LogP contribution in [0.5, 0.6) is 0 Å². The summed E-state index contributed by atoms with van der Waals surface area (Å²) >= 11 is 0. The van der Waals surface area contributed by atoms with Crippen molar-refractivity contribution in [3.63, 3.8) is 0 Å². The van der Waals surface area contributed by atoms with E-state index < -0.39 is 0 Å². The Kier molecular flexibility index (Phi) is 9.31. The molecule has 0 saturated carbocycles. The van der Waals surface area contributed by atoms with Crippen LogP contribution in [0.2, 0.25) is 0 Å². The second-order valence-corrected chi connectivity index (χ2v) is 1.43. The van der Waals surface area contributed by atoms with Crippen LogP contribution in [-0.2, 0) is 0 Å². The van der Waals surface area contributed by atoms with Gasteiger partial charge in [0.1, 0.15) is 5.82 Å². The van der Waals surface area contributed by atoms with Crippen LogP contribution < -0.4 is 5.73 Å². The summed E-state index contributed by atoms with van der Waals surface area (Å²) in [4.78, 5) is 3.50. The molecule has 0 aliphatic heterocycles. The minimum Gasteiger partial charge on any atom is -0.384 e. The monoisotopic (exact) mass is 140 g/mol. The van der Waals surface area contributed by atoms with Crippen LogP contribution in [0.15, 0.2) is 29.0 Å². The van der Waals surface area contributed by atoms with Gasteiger partial charge in [0.2, 0.25) is 0 Å². The maximum Gasteiger partial charge on any atom is 0.125 e. The van der Waals surface area contributed by atoms with E-state index in [1.807, 2.05) is 20.8 Å². The molecule has 0 spiro atoms. The number of hydrogen-bond donors (Lipinski definition) is 1. The number of allylic oxidation sites excluding steroid dienone is 2. The first-order valence-corrected chi connectivity index (χ1v) is 3.28. The highest BCUT2D eigenvalue weighted by molar-refractivity contribution is 5.31. The van der Waals surface area contributed by atoms with E-state index >= 15 is 0 Å². The van der Waals surface area contributed by atoms with Crippen LogP contribution in [0.1, 0.15) is 20.8 Å². The van der Waals surface area contributed by atoms with Gasteiger partial charge < -0.3 is 5.73 Å². The molecular weight excluding hydrogens is 124 g/mol. The molecule has 0 aliphatic rings. The highest BCUT2D eigenvalue weighted by atomic mass is 14.9. The SMILES string of the molecule is C=C/C(C)=C(/N)N=C.CC. The second kappa shape index (κ2) is 7.95. The Morgan fingerprint density at radius 1 is 1.50 bits per heavy atom. The van der Waals surface area contributed by atoms with Crippen LogP contribution in [0.25, 0.3) is 0 Å². The Bertz CT molecular complexity index is 118. The molecule has 10 heavy (non-hydrogen) atoms. The number of aliphatic imine (C=N–C) groups is 1. The average molecular weight is 140 g/mol. The van der Waals surface area contributed by atoms with E-state index in [4.69, 9.17) is 5.73 Å². The molecule has 0 radical (unpaired) electrons. The van der Waals surface area contributed by atoms with Crippen molar-refractivity contribution in [2.45, 2.75) is 20.8 Å². The Balaban J connectivity index is 0. The molecule has 0 atom stereocenters. The van der Waals surface area contributed by atoms with Gasteiger partial charge in [-0.25, -0.2) is 4.99 Å². The largest absolute Gasteiger partial charge is 0.384 e. The third-order valence-corrected chi connectivity index (χ3v) is 0.881. The summed E-state index contributed by atoms with van der Waals surface area (Å²) in [7, 11) is 0. The van der Waals surface area contributed by atoms with Crippen molar-refractivity contribution >= 4 is 6.72 Å². The predicted molar refractivity (Wildman–Crippen MR) is 48.0 cm³/mol. The van der Waals surface area contributed by atoms with E-state index in [1.54, 1.807) is 6.08 Å². The van der Waals surface area contributed by atoms with E-state index in [9.17, 15) is 0 Å². The molecular formula is C8H16N2. The van der Waals surface area contributed by atoms with Crippen molar-refractivity contribution in [1.82, 2.24) is 0 Å². The van der Waals surface area contributed by atoms with Gasteiger partial charge in [-0.05, 0) is 19.2 Å². The highest BCUT2D eigenvalue weighted by Crippen LogP contribution is 1.97. The van der Waals surface area contributed by atoms with E-state index in [0.717, 1.165) is 5.57 Å². The van der Waals surface area contributed by atoms with Crippen LogP contribution in [-0.4, -0.2) is 6.72 Å². The van der Waals surface area contributed by atoms with Crippen LogP contribution >= 0.6 is 0 Å². The highest BCUT2D eigenvalue weighted by Gasteiger charge is 1.84. The molecule has 2 heteroatoms. The summed E-state index contributed by atoms with van der Waals surface area (Å²) in [6.07, 6.45) is 1.64. The van der Waals surface area contributed by atoms with E-state index in [0.29, 0.717) is 5.82 Å². The predicted octanol–water partition coefficient (Wildman–Crippen LogP) is 2.09. The third-order valence-electron chi connectivity index (χ3n) is 0.881. The molecule has 0 amide bonds. The standard InChI is InChI=1S/C6H10N2.C2H6/c1-4-5(2)6(7)8-3;1-2/h4H,1,3,7H2,2H3;1-2H3/b6-5-;. The minimum absolute atomic E-state index is 0.444. The Morgan fingerprint density at radius 3 is 2.00 bits per heavy atom. The quantitative estimate of drug-likeness (QED) is 0.463. The lowest BCUT2D eigenvalue weighted by molar-refractivity contribution is 1.20. The molecule has 0 saturated heterocycles. The van der Waals surface area contributed by atoms with Gasteiger partial charge in [-0.15, -0.1) is 0 Å². The van der Waals surface area contributed by atoms with Gasteiger partial charge in [0.15, 0.2) is 0 Å². The fraction of sp³-hybridized carbons (Fsp3) is 0.375. The molecule has 0 rings (SSSR count). The van der Waals surface area contributed by atoms with Crippen LogP contribution in [0.4, 0.5) is 0 Å². The maximum absolute atomic E-state index is 5.31. The minimum atomic E-state index is 0.444. The molecule has 0 bridgehead atoms. The molecule has 0 aromatic rings. The normalized spacial score (nSPS) is 10.3. The van der Waals surface area contributed by atoms with Gasteiger partial charge in [0, 0.05) is 0 Å². The lowest BCUT2D eigenvalue weighted by Crippen LogP contribution is -1.94. The van der Waals surface area contributed by atoms with Gasteiger partial charge in [-0.1, -0.05) is 26.5 Å². The zero-order valence-electron chi connectivity index (χ0n) is 7.02. The average Bonchev–Trinajstić information content (AvgIpc) is 2.05. The Hall–Kier alpha value is -1.05. The third kappa shape index (κ3) is 5.09. The van der Waals surface area contributed by atoms with Crippen molar-refractivity contribution in [2.24, 2.45) is 10.7 Å². The maximum atomic E-state index is 5.31. The van der Waals surface area contributed by atoms with Crippen molar-refractivity contribution in [3.8, 4) is 0 Å². The summed E-state index contributed by atoms with van der Waals surface area (Å²) in [5.74, 6) is 0.444. The van der Waals surface area contributed by atoms with Crippen molar-refractivity contribution in [3.05, 3.63) is 24.0 Å². The number of nitrogens with two attached hydrogens (primary N) is 1. The van der Waals surface area contributed by atoms with Crippen molar-refractivity contribution < 1.29 is 0 Å². The number of rotatable bonds is 2. The number of nitrogens with zero attached hydrogens (tertiary/aromatic N) is 1. The van der Waals surface area contributed by atoms with E-state index in [-0.39, 0.29) is 0 Å². The fourth-order valence-corrected chi connectivity index (χ4v) is 0.229. The molecule has 0 aromatic heterocycles. The molecule has 0 aromatic carbocycles. The van der Waals surface area contributed by atoms with Gasteiger partial charge in [-0.2, -0.15) is 0 Å². The summed E-state index contributed by atoms with van der Waals surface area (Å²) in [6.45, 7) is 12.6. The zero-order valence-corrected chi connectivity index (χ0v) is 7.02. The second-order valence-electron chi connectivity index (χ2n) is 1.43. The fourth-order valence-electron chi connectivity index (χ4n) is 0.229. The molecule has 2 N–H and O–H groups in total. The molecule has 58 valence electrons. The Labute approximate surface area is 63.2 Å². The number of hydrogen-bond acceptors (Lipinski definition) is 2. The molecule has 0 fully saturated rings. The van der Waals surface area contributed by atoms with Crippen LogP contribution in [0, 0.1) is 0 Å². The lowest BCUT2D eigenvalue weighted by atomic mass is 10.3. The van der Waals surface area contributed by atoms with Gasteiger partial charge in [0.25, 0.3) is 0 Å². The lowest BCUT2D eigenvalue weighted by Gasteiger charge is -1.91. The molecule has 0 aliphatic carbocycles. The molecule has 0 unspecified atom stereocenters. The summed E-state index contributed by atoms with van der Waals surface area (Å²) in [5, 5.41) is 0.